The molecule has 5 rings (SSSR count). The number of hydrogen-bond donors (Lipinski definition) is 2. The minimum Gasteiger partial charge on any atom is -0.477 e. The lowest BCUT2D eigenvalue weighted by atomic mass is 9.93. The summed E-state index contributed by atoms with van der Waals surface area (Å²) < 4.78 is 34.6. The van der Waals surface area contributed by atoms with Crippen molar-refractivity contribution in [2.24, 2.45) is 0 Å². The number of urea groups is 1. The number of aryl methyl sites for hydroxylation is 2. The van der Waals surface area contributed by atoms with Crippen LogP contribution in [0.15, 0.2) is 35.4 Å². The highest BCUT2D eigenvalue weighted by Gasteiger charge is 2.29. The number of sulfonamides is 1. The van der Waals surface area contributed by atoms with Crippen LogP contribution in [-0.4, -0.2) is 35.8 Å². The summed E-state index contributed by atoms with van der Waals surface area (Å²) in [7, 11) is -4.14. The van der Waals surface area contributed by atoms with E-state index in [0.29, 0.717) is 18.8 Å². The zero-order valence-electron chi connectivity index (χ0n) is 16.2. The fourth-order valence-electron chi connectivity index (χ4n) is 4.06. The van der Waals surface area contributed by atoms with Gasteiger partial charge in [-0.1, -0.05) is 18.2 Å². The van der Waals surface area contributed by atoms with Gasteiger partial charge in [0.15, 0.2) is 4.90 Å². The molecule has 0 fully saturated rings. The molecule has 1 aliphatic heterocycles. The molecule has 1 aliphatic carbocycles. The number of nitrogens with one attached hydrogen (secondary N) is 2. The number of aromatic nitrogens is 3. The number of fused-ring (bicyclic) bond motifs is 3. The number of pyridine rings is 1. The van der Waals surface area contributed by atoms with Crippen LogP contribution in [0.5, 0.6) is 5.88 Å². The number of anilines is 1. The summed E-state index contributed by atoms with van der Waals surface area (Å²) in [6, 6.07) is 6.71. The second-order valence-electron chi connectivity index (χ2n) is 7.44. The van der Waals surface area contributed by atoms with E-state index in [4.69, 9.17) is 9.72 Å². The van der Waals surface area contributed by atoms with Crippen LogP contribution < -0.4 is 14.8 Å². The van der Waals surface area contributed by atoms with Crippen LogP contribution in [0.1, 0.15) is 30.5 Å². The van der Waals surface area contributed by atoms with Crippen LogP contribution in [0.2, 0.25) is 0 Å². The molecule has 2 amide bonds. The summed E-state index contributed by atoms with van der Waals surface area (Å²) in [6.07, 6.45) is 5.64. The number of rotatable bonds is 3. The highest BCUT2D eigenvalue weighted by Crippen LogP contribution is 2.33. The van der Waals surface area contributed by atoms with Crippen LogP contribution in [0.4, 0.5) is 10.5 Å². The Bertz CT molecular complexity index is 1250. The zero-order chi connectivity index (χ0) is 20.7. The Kier molecular flexibility index (Phi) is 4.58. The second-order valence-corrected chi connectivity index (χ2v) is 9.09. The first-order valence-corrected chi connectivity index (χ1v) is 11.4. The molecule has 2 aromatic heterocycles. The smallest absolute Gasteiger partial charge is 0.333 e. The predicted octanol–water partition coefficient (Wildman–Crippen LogP) is 2.60. The third-order valence-corrected chi connectivity index (χ3v) is 6.75. The lowest BCUT2D eigenvalue weighted by Gasteiger charge is -2.21. The minimum absolute atomic E-state index is 0.140. The van der Waals surface area contributed by atoms with Gasteiger partial charge in [-0.15, -0.1) is 0 Å². The molecular weight excluding hydrogens is 406 g/mol. The first-order valence-electron chi connectivity index (χ1n) is 9.96. The normalized spacial score (nSPS) is 15.7. The molecule has 10 heteroatoms. The first kappa shape index (κ1) is 18.9. The molecule has 2 N–H and O–H groups in total. The third kappa shape index (κ3) is 3.26. The maximum absolute atomic E-state index is 12.8. The van der Waals surface area contributed by atoms with Gasteiger partial charge in [-0.25, -0.2) is 22.6 Å². The topological polar surface area (TPSA) is 115 Å². The number of benzene rings is 1. The van der Waals surface area contributed by atoms with Crippen molar-refractivity contribution < 1.29 is 17.9 Å². The quantitative estimate of drug-likeness (QED) is 0.664. The van der Waals surface area contributed by atoms with Crippen molar-refractivity contribution in [3.8, 4) is 5.88 Å². The van der Waals surface area contributed by atoms with Gasteiger partial charge in [-0.05, 0) is 37.3 Å². The molecular formula is C20H21N5O4S. The SMILES string of the molecule is O=C(Nc1c2c(nc3ccccc13)CCCC2)NS(=O)(=O)c1cnn2c1OCCC2. The van der Waals surface area contributed by atoms with Crippen molar-refractivity contribution in [3.63, 3.8) is 0 Å². The summed E-state index contributed by atoms with van der Waals surface area (Å²) >= 11 is 0. The molecule has 0 saturated heterocycles. The van der Waals surface area contributed by atoms with E-state index in [0.717, 1.165) is 54.3 Å². The number of amides is 2. The number of hydrogen-bond acceptors (Lipinski definition) is 6. The van der Waals surface area contributed by atoms with Crippen molar-refractivity contribution in [1.29, 1.82) is 0 Å². The summed E-state index contributed by atoms with van der Waals surface area (Å²) in [5.41, 5.74) is 3.32. The van der Waals surface area contributed by atoms with Crippen LogP contribution >= 0.6 is 0 Å². The van der Waals surface area contributed by atoms with E-state index in [1.807, 2.05) is 24.3 Å². The fourth-order valence-corrected chi connectivity index (χ4v) is 5.05. The molecule has 0 bridgehead atoms. The van der Waals surface area contributed by atoms with Gasteiger partial charge < -0.3 is 10.1 Å². The Morgan fingerprint density at radius 2 is 1.97 bits per heavy atom. The Labute approximate surface area is 173 Å². The third-order valence-electron chi connectivity index (χ3n) is 5.44. The minimum atomic E-state index is -4.14. The van der Waals surface area contributed by atoms with E-state index in [1.165, 1.54) is 10.9 Å². The molecule has 3 heterocycles. The monoisotopic (exact) mass is 427 g/mol. The van der Waals surface area contributed by atoms with E-state index >= 15 is 0 Å². The summed E-state index contributed by atoms with van der Waals surface area (Å²) in [6.45, 7) is 0.988. The number of ether oxygens (including phenoxy) is 1. The van der Waals surface area contributed by atoms with Gasteiger partial charge in [0.2, 0.25) is 5.88 Å². The molecule has 0 saturated carbocycles. The van der Waals surface area contributed by atoms with Crippen LogP contribution in [0.3, 0.4) is 0 Å². The number of nitrogens with zero attached hydrogens (tertiary/aromatic N) is 3. The molecule has 30 heavy (non-hydrogen) atoms. The van der Waals surface area contributed by atoms with Gasteiger partial charge in [-0.3, -0.25) is 4.98 Å². The van der Waals surface area contributed by atoms with Crippen molar-refractivity contribution in [3.05, 3.63) is 41.7 Å². The molecule has 3 aromatic rings. The van der Waals surface area contributed by atoms with Crippen molar-refractivity contribution in [2.45, 2.75) is 43.5 Å². The Hall–Kier alpha value is -3.14. The predicted molar refractivity (Wildman–Crippen MR) is 110 cm³/mol. The number of para-hydroxylation sites is 1. The lowest BCUT2D eigenvalue weighted by molar-refractivity contribution is 0.224. The Balaban J connectivity index is 1.46. The number of carbonyl (C=O) groups excluding carboxylic acids is 1. The van der Waals surface area contributed by atoms with E-state index in [2.05, 4.69) is 15.1 Å². The van der Waals surface area contributed by atoms with E-state index in [9.17, 15) is 13.2 Å². The Morgan fingerprint density at radius 1 is 1.13 bits per heavy atom. The molecule has 0 atom stereocenters. The zero-order valence-corrected chi connectivity index (χ0v) is 17.0. The molecule has 0 radical (unpaired) electrons. The average Bonchev–Trinajstić information content (AvgIpc) is 3.18. The maximum Gasteiger partial charge on any atom is 0.333 e. The van der Waals surface area contributed by atoms with E-state index < -0.39 is 16.1 Å². The Morgan fingerprint density at radius 3 is 2.87 bits per heavy atom. The standard InChI is InChI=1S/C20H21N5O4S/c26-20(24-30(27,28)17-12-21-25-10-5-11-29-19(17)25)23-18-13-6-1-3-8-15(13)22-16-9-4-2-7-14(16)18/h1,3,6,8,12H,2,4-5,7,9-11H2,(H2,22,23,24,26). The summed E-state index contributed by atoms with van der Waals surface area (Å²) in [5.74, 6) is 0.160. The van der Waals surface area contributed by atoms with Gasteiger partial charge in [0.1, 0.15) is 0 Å². The van der Waals surface area contributed by atoms with Gasteiger partial charge in [0.25, 0.3) is 10.0 Å². The lowest BCUT2D eigenvalue weighted by Crippen LogP contribution is -2.35. The maximum atomic E-state index is 12.8. The largest absolute Gasteiger partial charge is 0.477 e. The van der Waals surface area contributed by atoms with Crippen molar-refractivity contribution in [1.82, 2.24) is 19.5 Å². The van der Waals surface area contributed by atoms with E-state index in [1.54, 1.807) is 0 Å². The second kappa shape index (κ2) is 7.28. The van der Waals surface area contributed by atoms with Gasteiger partial charge in [0.05, 0.1) is 24.0 Å². The van der Waals surface area contributed by atoms with Crippen molar-refractivity contribution >= 4 is 32.6 Å². The molecule has 0 spiro atoms. The molecule has 9 nitrogen and oxygen atoms in total. The first-order chi connectivity index (χ1) is 14.5. The number of carbonyl (C=O) groups is 1. The molecule has 0 unspecified atom stereocenters. The molecule has 1 aromatic carbocycles. The van der Waals surface area contributed by atoms with Gasteiger partial charge in [0, 0.05) is 24.0 Å². The average molecular weight is 427 g/mol. The summed E-state index contributed by atoms with van der Waals surface area (Å²) in [5, 5.41) is 7.61. The molecule has 2 aliphatic rings. The van der Waals surface area contributed by atoms with Gasteiger partial charge in [-0.2, -0.15) is 5.10 Å². The van der Waals surface area contributed by atoms with Crippen LogP contribution in [-0.2, 0) is 29.4 Å². The molecule has 156 valence electrons. The summed E-state index contributed by atoms with van der Waals surface area (Å²) in [4.78, 5) is 17.3. The highest BCUT2D eigenvalue weighted by atomic mass is 32.2. The fraction of sp³-hybridized carbons (Fsp3) is 0.350. The van der Waals surface area contributed by atoms with Gasteiger partial charge >= 0.3 is 6.03 Å². The van der Waals surface area contributed by atoms with Crippen molar-refractivity contribution in [2.75, 3.05) is 11.9 Å². The highest BCUT2D eigenvalue weighted by molar-refractivity contribution is 7.90. The van der Waals surface area contributed by atoms with Crippen LogP contribution in [0.25, 0.3) is 10.9 Å². The van der Waals surface area contributed by atoms with E-state index in [-0.39, 0.29) is 10.8 Å². The van der Waals surface area contributed by atoms with Crippen LogP contribution in [0, 0.1) is 0 Å².